The summed E-state index contributed by atoms with van der Waals surface area (Å²) in [4.78, 5) is 4.12. The number of benzene rings is 1. The zero-order chi connectivity index (χ0) is 11.7. The summed E-state index contributed by atoms with van der Waals surface area (Å²) in [6.45, 7) is 0. The Labute approximate surface area is 104 Å². The molecule has 84 valence electrons. The molecule has 2 heterocycles. The maximum atomic E-state index is 5.76. The summed E-state index contributed by atoms with van der Waals surface area (Å²) < 4.78 is 1.85. The molecular formula is C13H10ClN3. The molecule has 2 aromatic heterocycles. The summed E-state index contributed by atoms with van der Waals surface area (Å²) in [5, 5.41) is 6.65. The minimum Gasteiger partial charge on any atom is -0.264 e. The van der Waals surface area contributed by atoms with Crippen LogP contribution in [0.15, 0.2) is 48.9 Å². The lowest BCUT2D eigenvalue weighted by Gasteiger charge is -2.05. The molecule has 0 amide bonds. The van der Waals surface area contributed by atoms with Gasteiger partial charge >= 0.3 is 0 Å². The Kier molecular flexibility index (Phi) is 2.53. The Hall–Kier alpha value is -1.87. The monoisotopic (exact) mass is 243 g/mol. The van der Waals surface area contributed by atoms with Gasteiger partial charge in [-0.25, -0.2) is 4.68 Å². The Morgan fingerprint density at radius 3 is 2.94 bits per heavy atom. The number of rotatable bonds is 2. The SMILES string of the molecule is ClCc1ccn(-c2cccc3cnccc23)n1. The van der Waals surface area contributed by atoms with Crippen LogP contribution in [0.4, 0.5) is 0 Å². The highest BCUT2D eigenvalue weighted by atomic mass is 35.5. The minimum absolute atomic E-state index is 0.430. The van der Waals surface area contributed by atoms with E-state index in [4.69, 9.17) is 11.6 Å². The van der Waals surface area contributed by atoms with Gasteiger partial charge in [0.25, 0.3) is 0 Å². The summed E-state index contributed by atoms with van der Waals surface area (Å²) in [5.74, 6) is 0.430. The topological polar surface area (TPSA) is 30.7 Å². The van der Waals surface area contributed by atoms with Gasteiger partial charge in [0.15, 0.2) is 0 Å². The zero-order valence-corrected chi connectivity index (χ0v) is 9.80. The van der Waals surface area contributed by atoms with Crippen LogP contribution < -0.4 is 0 Å². The van der Waals surface area contributed by atoms with E-state index >= 15 is 0 Å². The minimum atomic E-state index is 0.430. The number of hydrogen-bond acceptors (Lipinski definition) is 2. The number of hydrogen-bond donors (Lipinski definition) is 0. The van der Waals surface area contributed by atoms with Crippen molar-refractivity contribution < 1.29 is 0 Å². The predicted molar refractivity (Wildman–Crippen MR) is 68.4 cm³/mol. The second kappa shape index (κ2) is 4.18. The lowest BCUT2D eigenvalue weighted by molar-refractivity contribution is 0.865. The standard InChI is InChI=1S/C13H10ClN3/c14-8-11-5-7-17(16-11)13-3-1-2-10-9-15-6-4-12(10)13/h1-7,9H,8H2. The molecule has 0 bridgehead atoms. The number of pyridine rings is 1. The van der Waals surface area contributed by atoms with E-state index in [0.717, 1.165) is 22.2 Å². The maximum absolute atomic E-state index is 5.76. The van der Waals surface area contributed by atoms with E-state index in [9.17, 15) is 0 Å². The summed E-state index contributed by atoms with van der Waals surface area (Å²) in [5.41, 5.74) is 1.92. The number of fused-ring (bicyclic) bond motifs is 1. The van der Waals surface area contributed by atoms with Gasteiger partial charge in [0.1, 0.15) is 0 Å². The molecule has 3 rings (SSSR count). The van der Waals surface area contributed by atoms with Crippen LogP contribution in [-0.2, 0) is 5.88 Å². The number of halogens is 1. The fraction of sp³-hybridized carbons (Fsp3) is 0.0769. The molecule has 0 saturated heterocycles. The molecule has 1 aromatic carbocycles. The molecule has 0 aliphatic rings. The third kappa shape index (κ3) is 1.78. The Balaban J connectivity index is 2.23. The molecule has 17 heavy (non-hydrogen) atoms. The smallest absolute Gasteiger partial charge is 0.0776 e. The molecule has 3 aromatic rings. The van der Waals surface area contributed by atoms with Gasteiger partial charge in [0.2, 0.25) is 0 Å². The lowest BCUT2D eigenvalue weighted by Crippen LogP contribution is -1.96. The molecule has 0 fully saturated rings. The third-order valence-corrected chi connectivity index (χ3v) is 2.96. The first-order valence-electron chi connectivity index (χ1n) is 5.32. The molecule has 0 aliphatic carbocycles. The van der Waals surface area contributed by atoms with Crippen LogP contribution in [0.3, 0.4) is 0 Å². The quantitative estimate of drug-likeness (QED) is 0.648. The van der Waals surface area contributed by atoms with E-state index in [0.29, 0.717) is 5.88 Å². The Morgan fingerprint density at radius 2 is 2.12 bits per heavy atom. The highest BCUT2D eigenvalue weighted by molar-refractivity contribution is 6.16. The molecule has 3 nitrogen and oxygen atoms in total. The molecule has 4 heteroatoms. The largest absolute Gasteiger partial charge is 0.264 e. The van der Waals surface area contributed by atoms with Crippen LogP contribution >= 0.6 is 11.6 Å². The number of alkyl halides is 1. The summed E-state index contributed by atoms with van der Waals surface area (Å²) in [6, 6.07) is 9.99. The van der Waals surface area contributed by atoms with Crippen molar-refractivity contribution in [3.05, 3.63) is 54.6 Å². The number of aromatic nitrogens is 3. The maximum Gasteiger partial charge on any atom is 0.0776 e. The molecular weight excluding hydrogens is 234 g/mol. The predicted octanol–water partition coefficient (Wildman–Crippen LogP) is 3.16. The zero-order valence-electron chi connectivity index (χ0n) is 9.05. The van der Waals surface area contributed by atoms with Gasteiger partial charge in [0.05, 0.1) is 17.3 Å². The van der Waals surface area contributed by atoms with Crippen molar-refractivity contribution in [3.8, 4) is 5.69 Å². The van der Waals surface area contributed by atoms with Crippen LogP contribution in [0, 0.1) is 0 Å². The fourth-order valence-corrected chi connectivity index (χ4v) is 2.01. The van der Waals surface area contributed by atoms with Crippen molar-refractivity contribution in [2.75, 3.05) is 0 Å². The molecule has 0 N–H and O–H groups in total. The second-order valence-corrected chi connectivity index (χ2v) is 4.03. The van der Waals surface area contributed by atoms with E-state index < -0.39 is 0 Å². The Bertz CT molecular complexity index is 655. The van der Waals surface area contributed by atoms with Crippen molar-refractivity contribution in [3.63, 3.8) is 0 Å². The van der Waals surface area contributed by atoms with Gasteiger partial charge in [-0.1, -0.05) is 12.1 Å². The highest BCUT2D eigenvalue weighted by Crippen LogP contribution is 2.20. The average Bonchev–Trinajstić information content (AvgIpc) is 2.87. The van der Waals surface area contributed by atoms with Gasteiger partial charge in [-0.15, -0.1) is 11.6 Å². The first-order valence-corrected chi connectivity index (χ1v) is 5.85. The fourth-order valence-electron chi connectivity index (χ4n) is 1.87. The summed E-state index contributed by atoms with van der Waals surface area (Å²) >= 11 is 5.76. The van der Waals surface area contributed by atoms with E-state index in [-0.39, 0.29) is 0 Å². The van der Waals surface area contributed by atoms with Crippen LogP contribution in [0.2, 0.25) is 0 Å². The van der Waals surface area contributed by atoms with Crippen LogP contribution in [-0.4, -0.2) is 14.8 Å². The van der Waals surface area contributed by atoms with Crippen molar-refractivity contribution in [1.82, 2.24) is 14.8 Å². The average molecular weight is 244 g/mol. The summed E-state index contributed by atoms with van der Waals surface area (Å²) in [7, 11) is 0. The van der Waals surface area contributed by atoms with Gasteiger partial charge in [-0.2, -0.15) is 5.10 Å². The second-order valence-electron chi connectivity index (χ2n) is 3.76. The Morgan fingerprint density at radius 1 is 1.18 bits per heavy atom. The third-order valence-electron chi connectivity index (χ3n) is 2.69. The van der Waals surface area contributed by atoms with Gasteiger partial charge in [-0.05, 0) is 18.2 Å². The lowest BCUT2D eigenvalue weighted by atomic mass is 10.1. The van der Waals surface area contributed by atoms with Crippen molar-refractivity contribution in [2.45, 2.75) is 5.88 Å². The van der Waals surface area contributed by atoms with Gasteiger partial charge in [-0.3, -0.25) is 4.98 Å². The molecule has 0 radical (unpaired) electrons. The van der Waals surface area contributed by atoms with Crippen LogP contribution in [0.5, 0.6) is 0 Å². The molecule has 0 unspecified atom stereocenters. The van der Waals surface area contributed by atoms with Crippen LogP contribution in [0.25, 0.3) is 16.5 Å². The van der Waals surface area contributed by atoms with Gasteiger partial charge < -0.3 is 0 Å². The van der Waals surface area contributed by atoms with E-state index in [2.05, 4.69) is 10.1 Å². The van der Waals surface area contributed by atoms with E-state index in [1.165, 1.54) is 0 Å². The molecule has 0 spiro atoms. The van der Waals surface area contributed by atoms with E-state index in [1.54, 1.807) is 6.20 Å². The summed E-state index contributed by atoms with van der Waals surface area (Å²) in [6.07, 6.45) is 5.56. The normalized spacial score (nSPS) is 10.9. The first kappa shape index (κ1) is 10.3. The molecule has 0 saturated carbocycles. The van der Waals surface area contributed by atoms with Crippen molar-refractivity contribution in [2.24, 2.45) is 0 Å². The molecule has 0 atom stereocenters. The highest BCUT2D eigenvalue weighted by Gasteiger charge is 2.04. The number of nitrogens with zero attached hydrogens (tertiary/aromatic N) is 3. The first-order chi connectivity index (χ1) is 8.38. The molecule has 0 aliphatic heterocycles. The van der Waals surface area contributed by atoms with Crippen molar-refractivity contribution >= 4 is 22.4 Å². The van der Waals surface area contributed by atoms with E-state index in [1.807, 2.05) is 47.4 Å². The van der Waals surface area contributed by atoms with Gasteiger partial charge in [0, 0.05) is 29.4 Å². The van der Waals surface area contributed by atoms with Crippen molar-refractivity contribution in [1.29, 1.82) is 0 Å². The van der Waals surface area contributed by atoms with Crippen LogP contribution in [0.1, 0.15) is 5.69 Å².